The zero-order chi connectivity index (χ0) is 15.6. The minimum absolute atomic E-state index is 0.0558. The largest absolute Gasteiger partial charge is 0.490 e. The van der Waals surface area contributed by atoms with Crippen LogP contribution in [0.3, 0.4) is 0 Å². The van der Waals surface area contributed by atoms with Crippen LogP contribution in [0.4, 0.5) is 11.4 Å². The van der Waals surface area contributed by atoms with Gasteiger partial charge in [-0.3, -0.25) is 14.8 Å². The molecule has 112 valence electrons. The standard InChI is InChI=1S/C11H9BrN2O5S2/c1-19-10-3-2-7(6-9(10)14(15)16)13-21(17,18)11-8(12)4-5-20-11/h2-6,13H,1H3. The number of sulfonamides is 1. The fourth-order valence-electron chi connectivity index (χ4n) is 1.57. The van der Waals surface area contributed by atoms with Gasteiger partial charge in [-0.1, -0.05) is 0 Å². The molecule has 0 radical (unpaired) electrons. The lowest BCUT2D eigenvalue weighted by molar-refractivity contribution is -0.385. The van der Waals surface area contributed by atoms with Gasteiger partial charge in [0, 0.05) is 10.5 Å². The molecule has 10 heteroatoms. The molecule has 1 N–H and O–H groups in total. The average molecular weight is 393 g/mol. The van der Waals surface area contributed by atoms with Crippen LogP contribution in [-0.4, -0.2) is 20.5 Å². The van der Waals surface area contributed by atoms with E-state index in [4.69, 9.17) is 4.74 Å². The van der Waals surface area contributed by atoms with Crippen LogP contribution in [0.15, 0.2) is 38.3 Å². The Balaban J connectivity index is 2.38. The molecule has 0 aliphatic carbocycles. The van der Waals surface area contributed by atoms with Crippen LogP contribution in [0.1, 0.15) is 0 Å². The predicted molar refractivity (Wildman–Crippen MR) is 82.5 cm³/mol. The third kappa shape index (κ3) is 3.34. The first kappa shape index (κ1) is 15.7. The fraction of sp³-hybridized carbons (Fsp3) is 0.0909. The number of ether oxygens (including phenoxy) is 1. The van der Waals surface area contributed by atoms with Gasteiger partial charge >= 0.3 is 5.69 Å². The lowest BCUT2D eigenvalue weighted by Crippen LogP contribution is -2.12. The second kappa shape index (κ2) is 6.00. The minimum atomic E-state index is -3.80. The molecule has 0 bridgehead atoms. The average Bonchev–Trinajstić information content (AvgIpc) is 2.85. The van der Waals surface area contributed by atoms with Crippen molar-refractivity contribution in [3.05, 3.63) is 44.2 Å². The first-order valence-corrected chi connectivity index (χ1v) is 8.59. The summed E-state index contributed by atoms with van der Waals surface area (Å²) in [6.07, 6.45) is 0. The number of anilines is 1. The summed E-state index contributed by atoms with van der Waals surface area (Å²) in [5.41, 5.74) is -0.231. The van der Waals surface area contributed by atoms with Gasteiger partial charge in [0.25, 0.3) is 10.0 Å². The summed E-state index contributed by atoms with van der Waals surface area (Å²) in [6, 6.07) is 5.44. The number of thiophene rings is 1. The molecule has 0 atom stereocenters. The molecule has 0 spiro atoms. The maximum atomic E-state index is 12.2. The predicted octanol–water partition coefficient (Wildman–Crippen LogP) is 3.23. The van der Waals surface area contributed by atoms with E-state index in [1.54, 1.807) is 11.4 Å². The Hall–Kier alpha value is -1.65. The molecule has 0 amide bonds. The van der Waals surface area contributed by atoms with E-state index in [2.05, 4.69) is 20.7 Å². The van der Waals surface area contributed by atoms with Crippen molar-refractivity contribution < 1.29 is 18.1 Å². The van der Waals surface area contributed by atoms with Gasteiger partial charge in [-0.15, -0.1) is 11.3 Å². The lowest BCUT2D eigenvalue weighted by atomic mass is 10.2. The maximum absolute atomic E-state index is 12.2. The number of nitro groups is 1. The molecular formula is C11H9BrN2O5S2. The monoisotopic (exact) mass is 392 g/mol. The van der Waals surface area contributed by atoms with Gasteiger partial charge in [0.15, 0.2) is 9.96 Å². The van der Waals surface area contributed by atoms with E-state index in [0.717, 1.165) is 17.4 Å². The molecule has 0 aliphatic rings. The van der Waals surface area contributed by atoms with E-state index >= 15 is 0 Å². The van der Waals surface area contributed by atoms with Gasteiger partial charge in [-0.05, 0) is 39.5 Å². The third-order valence-corrected chi connectivity index (χ3v) is 6.51. The molecule has 0 saturated carbocycles. The molecule has 2 rings (SSSR count). The van der Waals surface area contributed by atoms with E-state index < -0.39 is 14.9 Å². The summed E-state index contributed by atoms with van der Waals surface area (Å²) in [5, 5.41) is 12.5. The van der Waals surface area contributed by atoms with E-state index in [1.807, 2.05) is 0 Å². The number of methoxy groups -OCH3 is 1. The van der Waals surface area contributed by atoms with Crippen molar-refractivity contribution in [2.45, 2.75) is 4.21 Å². The molecule has 2 aromatic rings. The van der Waals surface area contributed by atoms with Gasteiger partial charge in [-0.2, -0.15) is 0 Å². The normalized spacial score (nSPS) is 11.1. The SMILES string of the molecule is COc1ccc(NS(=O)(=O)c2sccc2Br)cc1[N+](=O)[O-]. The zero-order valence-corrected chi connectivity index (χ0v) is 13.8. The van der Waals surface area contributed by atoms with Crippen molar-refractivity contribution >= 4 is 48.7 Å². The van der Waals surface area contributed by atoms with Crippen molar-refractivity contribution in [1.29, 1.82) is 0 Å². The van der Waals surface area contributed by atoms with Crippen LogP contribution in [0.5, 0.6) is 5.75 Å². The van der Waals surface area contributed by atoms with Gasteiger partial charge in [-0.25, -0.2) is 8.42 Å². The molecular weight excluding hydrogens is 384 g/mol. The number of benzene rings is 1. The minimum Gasteiger partial charge on any atom is -0.490 e. The Labute approximate surface area is 132 Å². The number of nitrogens with one attached hydrogen (secondary N) is 1. The topological polar surface area (TPSA) is 98.5 Å². The van der Waals surface area contributed by atoms with Crippen LogP contribution in [0.2, 0.25) is 0 Å². The number of nitrogens with zero attached hydrogens (tertiary/aromatic N) is 1. The van der Waals surface area contributed by atoms with E-state index in [0.29, 0.717) is 4.47 Å². The number of halogens is 1. The molecule has 1 heterocycles. The Kier molecular flexibility index (Phi) is 4.49. The van der Waals surface area contributed by atoms with Crippen LogP contribution < -0.4 is 9.46 Å². The Morgan fingerprint density at radius 3 is 2.62 bits per heavy atom. The summed E-state index contributed by atoms with van der Waals surface area (Å²) < 4.78 is 32.1. The Morgan fingerprint density at radius 1 is 1.38 bits per heavy atom. The Morgan fingerprint density at radius 2 is 2.10 bits per heavy atom. The van der Waals surface area contributed by atoms with Crippen LogP contribution in [0, 0.1) is 10.1 Å². The van der Waals surface area contributed by atoms with E-state index in [-0.39, 0.29) is 21.3 Å². The second-order valence-electron chi connectivity index (χ2n) is 3.81. The number of hydrogen-bond donors (Lipinski definition) is 1. The molecule has 0 unspecified atom stereocenters. The van der Waals surface area contributed by atoms with Crippen molar-refractivity contribution in [2.75, 3.05) is 11.8 Å². The van der Waals surface area contributed by atoms with Crippen molar-refractivity contribution in [3.8, 4) is 5.75 Å². The highest BCUT2D eigenvalue weighted by atomic mass is 79.9. The Bertz CT molecular complexity index is 788. The van der Waals surface area contributed by atoms with Crippen LogP contribution >= 0.6 is 27.3 Å². The third-order valence-electron chi connectivity index (χ3n) is 2.46. The molecule has 1 aromatic heterocycles. The molecule has 0 fully saturated rings. The molecule has 1 aromatic carbocycles. The summed E-state index contributed by atoms with van der Waals surface area (Å²) in [4.78, 5) is 10.3. The highest BCUT2D eigenvalue weighted by Crippen LogP contribution is 2.33. The van der Waals surface area contributed by atoms with Crippen molar-refractivity contribution in [2.24, 2.45) is 0 Å². The lowest BCUT2D eigenvalue weighted by Gasteiger charge is -2.08. The number of rotatable bonds is 5. The van der Waals surface area contributed by atoms with E-state index in [9.17, 15) is 18.5 Å². The summed E-state index contributed by atoms with van der Waals surface area (Å²) in [6.45, 7) is 0. The quantitative estimate of drug-likeness (QED) is 0.621. The molecule has 7 nitrogen and oxygen atoms in total. The zero-order valence-electron chi connectivity index (χ0n) is 10.6. The number of hydrogen-bond acceptors (Lipinski definition) is 6. The van der Waals surface area contributed by atoms with E-state index in [1.165, 1.54) is 19.2 Å². The first-order chi connectivity index (χ1) is 9.85. The van der Waals surface area contributed by atoms with Gasteiger partial charge in [0.2, 0.25) is 0 Å². The molecule has 0 saturated heterocycles. The first-order valence-electron chi connectivity index (χ1n) is 5.43. The van der Waals surface area contributed by atoms with Gasteiger partial charge < -0.3 is 4.74 Å². The summed E-state index contributed by atoms with van der Waals surface area (Å²) in [5.74, 6) is 0.0558. The molecule has 0 aliphatic heterocycles. The fourth-order valence-corrected chi connectivity index (χ4v) is 4.96. The van der Waals surface area contributed by atoms with Crippen molar-refractivity contribution in [3.63, 3.8) is 0 Å². The second-order valence-corrected chi connectivity index (χ2v) is 7.45. The summed E-state index contributed by atoms with van der Waals surface area (Å²) in [7, 11) is -2.50. The van der Waals surface area contributed by atoms with Crippen LogP contribution in [0.25, 0.3) is 0 Å². The highest BCUT2D eigenvalue weighted by Gasteiger charge is 2.22. The van der Waals surface area contributed by atoms with Gasteiger partial charge in [0.05, 0.1) is 17.7 Å². The molecule has 21 heavy (non-hydrogen) atoms. The van der Waals surface area contributed by atoms with Gasteiger partial charge in [0.1, 0.15) is 0 Å². The van der Waals surface area contributed by atoms with Crippen molar-refractivity contribution in [1.82, 2.24) is 0 Å². The number of nitro benzene ring substituents is 1. The maximum Gasteiger partial charge on any atom is 0.312 e. The smallest absolute Gasteiger partial charge is 0.312 e. The summed E-state index contributed by atoms with van der Waals surface area (Å²) >= 11 is 4.18. The van der Waals surface area contributed by atoms with Crippen LogP contribution in [-0.2, 0) is 10.0 Å². The highest BCUT2D eigenvalue weighted by molar-refractivity contribution is 9.10.